The van der Waals surface area contributed by atoms with Gasteiger partial charge in [0.2, 0.25) is 5.95 Å². The smallest absolute Gasteiger partial charge is 0.254 e. The summed E-state index contributed by atoms with van der Waals surface area (Å²) in [7, 11) is 0. The molecule has 1 aliphatic heterocycles. The Balaban J connectivity index is 1.82. The molecule has 2 N–H and O–H groups in total. The van der Waals surface area contributed by atoms with Gasteiger partial charge in [-0.3, -0.25) is 4.79 Å². The summed E-state index contributed by atoms with van der Waals surface area (Å²) in [6, 6.07) is 9.58. The number of para-hydroxylation sites is 1. The summed E-state index contributed by atoms with van der Waals surface area (Å²) in [5.41, 5.74) is 8.46. The number of hydrogen-bond donors (Lipinski definition) is 1. The molecule has 0 saturated carbocycles. The molecule has 0 radical (unpaired) electrons. The molecule has 6 nitrogen and oxygen atoms in total. The second kappa shape index (κ2) is 6.71. The van der Waals surface area contributed by atoms with E-state index in [2.05, 4.69) is 21.9 Å². The van der Waals surface area contributed by atoms with E-state index in [9.17, 15) is 4.79 Å². The van der Waals surface area contributed by atoms with E-state index in [0.29, 0.717) is 17.2 Å². The van der Waals surface area contributed by atoms with Crippen molar-refractivity contribution in [3.8, 4) is 11.3 Å². The maximum atomic E-state index is 13.2. The van der Waals surface area contributed by atoms with E-state index in [1.807, 2.05) is 35.2 Å². The van der Waals surface area contributed by atoms with E-state index in [-0.39, 0.29) is 11.9 Å². The van der Waals surface area contributed by atoms with Crippen LogP contribution in [0.1, 0.15) is 30.1 Å². The molecule has 1 amide bonds. The van der Waals surface area contributed by atoms with Gasteiger partial charge in [-0.25, -0.2) is 15.0 Å². The summed E-state index contributed by atoms with van der Waals surface area (Å²) in [4.78, 5) is 28.0. The minimum absolute atomic E-state index is 0.0627. The number of hydrogen-bond acceptors (Lipinski definition) is 5. The quantitative estimate of drug-likeness (QED) is 0.770. The molecule has 26 heavy (non-hydrogen) atoms. The molecule has 1 aliphatic rings. The number of rotatable bonds is 2. The lowest BCUT2D eigenvalue weighted by Gasteiger charge is -2.31. The summed E-state index contributed by atoms with van der Waals surface area (Å²) in [5.74, 6) is 0.812. The molecule has 1 saturated heterocycles. The van der Waals surface area contributed by atoms with Gasteiger partial charge in [0.05, 0.1) is 16.8 Å². The molecular weight excluding hydrogens is 326 g/mol. The lowest BCUT2D eigenvalue weighted by molar-refractivity contribution is 0.0685. The fourth-order valence-corrected chi connectivity index (χ4v) is 3.51. The van der Waals surface area contributed by atoms with Crippen molar-refractivity contribution in [2.24, 2.45) is 5.92 Å². The number of nitrogen functional groups attached to an aromatic ring is 1. The number of nitrogens with zero attached hydrogens (tertiary/aromatic N) is 4. The molecular formula is C20H21N5O. The topological polar surface area (TPSA) is 85.0 Å². The predicted molar refractivity (Wildman–Crippen MR) is 101 cm³/mol. The van der Waals surface area contributed by atoms with E-state index in [0.717, 1.165) is 36.0 Å². The number of anilines is 1. The third kappa shape index (κ3) is 3.10. The second-order valence-corrected chi connectivity index (χ2v) is 6.90. The van der Waals surface area contributed by atoms with Crippen molar-refractivity contribution in [3.05, 3.63) is 48.3 Å². The van der Waals surface area contributed by atoms with E-state index >= 15 is 0 Å². The molecule has 0 spiro atoms. The first-order valence-corrected chi connectivity index (χ1v) is 8.89. The van der Waals surface area contributed by atoms with Crippen LogP contribution in [0.4, 0.5) is 5.95 Å². The predicted octanol–water partition coefficient (Wildman–Crippen LogP) is 3.15. The Kier molecular flexibility index (Phi) is 4.24. The molecule has 1 fully saturated rings. The van der Waals surface area contributed by atoms with Gasteiger partial charge in [0, 0.05) is 36.4 Å². The number of carbonyl (C=O) groups is 1. The Labute approximate surface area is 152 Å². The molecule has 3 heterocycles. The number of carbonyl (C=O) groups excluding carboxylic acids is 1. The average molecular weight is 347 g/mol. The van der Waals surface area contributed by atoms with Crippen LogP contribution in [0.2, 0.25) is 0 Å². The number of piperidine rings is 1. The number of likely N-dealkylation sites (tertiary alicyclic amines) is 1. The molecule has 1 aromatic carbocycles. The average Bonchev–Trinajstić information content (AvgIpc) is 2.67. The van der Waals surface area contributed by atoms with Gasteiger partial charge in [-0.15, -0.1) is 0 Å². The fourth-order valence-electron chi connectivity index (χ4n) is 3.51. The van der Waals surface area contributed by atoms with Crippen LogP contribution >= 0.6 is 0 Å². The standard InChI is InChI=1S/C20H21N5O/c1-13-5-4-8-25(12-13)19(26)16-9-18(14-10-22-20(21)23-11-14)24-17-7-3-2-6-15(16)17/h2-3,6-7,9-11,13H,4-5,8,12H2,1H3,(H2,21,22,23)/t13-/m0/s1. The number of pyridine rings is 1. The summed E-state index contributed by atoms with van der Waals surface area (Å²) in [6.45, 7) is 3.80. The van der Waals surface area contributed by atoms with Crippen LogP contribution in [0.3, 0.4) is 0 Å². The Morgan fingerprint density at radius 2 is 2.00 bits per heavy atom. The van der Waals surface area contributed by atoms with Gasteiger partial charge in [-0.1, -0.05) is 25.1 Å². The maximum Gasteiger partial charge on any atom is 0.254 e. The van der Waals surface area contributed by atoms with E-state index < -0.39 is 0 Å². The van der Waals surface area contributed by atoms with Crippen molar-refractivity contribution in [2.45, 2.75) is 19.8 Å². The molecule has 0 unspecified atom stereocenters. The molecule has 0 aliphatic carbocycles. The zero-order chi connectivity index (χ0) is 18.1. The Morgan fingerprint density at radius 3 is 2.77 bits per heavy atom. The van der Waals surface area contributed by atoms with Crippen molar-refractivity contribution in [3.63, 3.8) is 0 Å². The summed E-state index contributed by atoms with van der Waals surface area (Å²) in [5, 5.41) is 0.871. The van der Waals surface area contributed by atoms with Gasteiger partial charge in [0.1, 0.15) is 0 Å². The number of benzene rings is 1. The molecule has 132 valence electrons. The van der Waals surface area contributed by atoms with Gasteiger partial charge in [0.25, 0.3) is 5.91 Å². The van der Waals surface area contributed by atoms with Gasteiger partial charge in [-0.2, -0.15) is 0 Å². The Hall–Kier alpha value is -3.02. The fraction of sp³-hybridized carbons (Fsp3) is 0.300. The molecule has 4 rings (SSSR count). The monoisotopic (exact) mass is 347 g/mol. The zero-order valence-electron chi connectivity index (χ0n) is 14.7. The second-order valence-electron chi connectivity index (χ2n) is 6.90. The van der Waals surface area contributed by atoms with Gasteiger partial charge < -0.3 is 10.6 Å². The van der Waals surface area contributed by atoms with Crippen LogP contribution < -0.4 is 5.73 Å². The number of amides is 1. The number of fused-ring (bicyclic) bond motifs is 1. The summed E-state index contributed by atoms with van der Waals surface area (Å²) < 4.78 is 0. The zero-order valence-corrected chi connectivity index (χ0v) is 14.7. The Bertz CT molecular complexity index is 954. The SMILES string of the molecule is C[C@H]1CCCN(C(=O)c2cc(-c3cnc(N)nc3)nc3ccccc23)C1. The third-order valence-corrected chi connectivity index (χ3v) is 4.86. The largest absolute Gasteiger partial charge is 0.368 e. The van der Waals surface area contributed by atoms with Gasteiger partial charge >= 0.3 is 0 Å². The molecule has 1 atom stereocenters. The molecule has 0 bridgehead atoms. The van der Waals surface area contributed by atoms with Crippen molar-refractivity contribution in [1.29, 1.82) is 0 Å². The van der Waals surface area contributed by atoms with Crippen LogP contribution in [-0.4, -0.2) is 38.8 Å². The van der Waals surface area contributed by atoms with E-state index in [4.69, 9.17) is 5.73 Å². The van der Waals surface area contributed by atoms with Crippen molar-refractivity contribution in [1.82, 2.24) is 19.9 Å². The first-order chi connectivity index (χ1) is 12.6. The molecule has 3 aromatic rings. The number of nitrogens with two attached hydrogens (primary N) is 1. The minimum atomic E-state index is 0.0627. The highest BCUT2D eigenvalue weighted by Crippen LogP contribution is 2.27. The van der Waals surface area contributed by atoms with E-state index in [1.165, 1.54) is 6.42 Å². The van der Waals surface area contributed by atoms with Crippen molar-refractivity contribution >= 4 is 22.8 Å². The Morgan fingerprint density at radius 1 is 1.23 bits per heavy atom. The van der Waals surface area contributed by atoms with Gasteiger partial charge in [-0.05, 0) is 30.9 Å². The van der Waals surface area contributed by atoms with Gasteiger partial charge in [0.15, 0.2) is 0 Å². The normalized spacial score (nSPS) is 17.4. The molecule has 2 aromatic heterocycles. The first kappa shape index (κ1) is 16.4. The third-order valence-electron chi connectivity index (χ3n) is 4.86. The van der Waals surface area contributed by atoms with Crippen LogP contribution in [0.15, 0.2) is 42.7 Å². The number of aromatic nitrogens is 3. The van der Waals surface area contributed by atoms with Crippen LogP contribution in [-0.2, 0) is 0 Å². The maximum absolute atomic E-state index is 13.2. The lowest BCUT2D eigenvalue weighted by atomic mass is 9.98. The van der Waals surface area contributed by atoms with Crippen molar-refractivity contribution in [2.75, 3.05) is 18.8 Å². The van der Waals surface area contributed by atoms with E-state index in [1.54, 1.807) is 12.4 Å². The van der Waals surface area contributed by atoms with Crippen LogP contribution in [0.25, 0.3) is 22.2 Å². The first-order valence-electron chi connectivity index (χ1n) is 8.89. The summed E-state index contributed by atoms with van der Waals surface area (Å²) in [6.07, 6.45) is 5.50. The highest BCUT2D eigenvalue weighted by atomic mass is 16.2. The summed E-state index contributed by atoms with van der Waals surface area (Å²) >= 11 is 0. The lowest BCUT2D eigenvalue weighted by Crippen LogP contribution is -2.39. The van der Waals surface area contributed by atoms with Crippen LogP contribution in [0, 0.1) is 5.92 Å². The van der Waals surface area contributed by atoms with Crippen molar-refractivity contribution < 1.29 is 4.79 Å². The highest BCUT2D eigenvalue weighted by Gasteiger charge is 2.24. The minimum Gasteiger partial charge on any atom is -0.368 e. The van der Waals surface area contributed by atoms with Crippen LogP contribution in [0.5, 0.6) is 0 Å². The molecule has 6 heteroatoms. The highest BCUT2D eigenvalue weighted by molar-refractivity contribution is 6.07.